The molecular weight excluding hydrogens is 431 g/mol. The zero-order valence-corrected chi connectivity index (χ0v) is 16.3. The molecular formula is C21H14F3N3O5. The molecule has 0 bridgehead atoms. The lowest BCUT2D eigenvalue weighted by molar-refractivity contribution is -0.137. The quantitative estimate of drug-likeness (QED) is 0.597. The number of benzene rings is 2. The molecule has 0 saturated carbocycles. The molecule has 0 aliphatic carbocycles. The third-order valence-corrected chi connectivity index (χ3v) is 4.77. The van der Waals surface area contributed by atoms with Gasteiger partial charge in [0, 0.05) is 6.07 Å². The third kappa shape index (κ3) is 3.53. The van der Waals surface area contributed by atoms with E-state index in [2.05, 4.69) is 0 Å². The number of ether oxygens (including phenoxy) is 2. The predicted molar refractivity (Wildman–Crippen MR) is 106 cm³/mol. The number of nitrogens with zero attached hydrogens (tertiary/aromatic N) is 1. The fourth-order valence-electron chi connectivity index (χ4n) is 3.25. The molecule has 1 aromatic heterocycles. The molecule has 11 heteroatoms. The molecule has 3 N–H and O–H groups in total. The summed E-state index contributed by atoms with van der Waals surface area (Å²) < 4.78 is 51.6. The number of nitrogen functional groups attached to an aromatic ring is 1. The van der Waals surface area contributed by atoms with Crippen molar-refractivity contribution in [1.29, 1.82) is 0 Å². The minimum Gasteiger partial charge on any atom is -0.497 e. The van der Waals surface area contributed by atoms with Gasteiger partial charge in [0.15, 0.2) is 5.75 Å². The number of carbonyl (C=O) groups is 2. The van der Waals surface area contributed by atoms with Gasteiger partial charge in [0.1, 0.15) is 17.3 Å². The van der Waals surface area contributed by atoms with Crippen LogP contribution < -0.4 is 26.1 Å². The van der Waals surface area contributed by atoms with Gasteiger partial charge in [-0.15, -0.1) is 0 Å². The van der Waals surface area contributed by atoms with E-state index in [4.69, 9.17) is 15.2 Å². The van der Waals surface area contributed by atoms with Gasteiger partial charge in [-0.2, -0.15) is 13.2 Å². The minimum atomic E-state index is -4.73. The molecule has 2 amide bonds. The number of anilines is 1. The normalized spacial score (nSPS) is 13.0. The molecule has 164 valence electrons. The predicted octanol–water partition coefficient (Wildman–Crippen LogP) is 3.12. The largest absolute Gasteiger partial charge is 0.497 e. The van der Waals surface area contributed by atoms with Crippen LogP contribution in [-0.4, -0.2) is 23.5 Å². The van der Waals surface area contributed by atoms with Crippen LogP contribution in [0.3, 0.4) is 0 Å². The van der Waals surface area contributed by atoms with Gasteiger partial charge in [0.05, 0.1) is 29.5 Å². The lowest BCUT2D eigenvalue weighted by atomic mass is 10.1. The summed E-state index contributed by atoms with van der Waals surface area (Å²) in [5.74, 6) is -1.54. The summed E-state index contributed by atoms with van der Waals surface area (Å²) in [6, 6.07) is 9.51. The van der Waals surface area contributed by atoms with Crippen molar-refractivity contribution in [3.05, 3.63) is 75.6 Å². The molecule has 2 heterocycles. The Balaban J connectivity index is 1.92. The van der Waals surface area contributed by atoms with Crippen molar-refractivity contribution in [3.63, 3.8) is 0 Å². The first kappa shape index (κ1) is 21.0. The Morgan fingerprint density at radius 3 is 2.22 bits per heavy atom. The molecule has 4 rings (SSSR count). The van der Waals surface area contributed by atoms with E-state index < -0.39 is 34.9 Å². The summed E-state index contributed by atoms with van der Waals surface area (Å²) in [7, 11) is 1.47. The maximum atomic E-state index is 13.4. The van der Waals surface area contributed by atoms with E-state index in [1.807, 2.05) is 5.32 Å². The number of imide groups is 1. The fourth-order valence-corrected chi connectivity index (χ4v) is 3.25. The highest BCUT2D eigenvalue weighted by Crippen LogP contribution is 2.37. The van der Waals surface area contributed by atoms with Gasteiger partial charge >= 0.3 is 6.18 Å². The second-order valence-electron chi connectivity index (χ2n) is 6.73. The number of alkyl halides is 3. The average Bonchev–Trinajstić information content (AvgIpc) is 3.02. The zero-order chi connectivity index (χ0) is 23.2. The Morgan fingerprint density at radius 1 is 0.938 bits per heavy atom. The van der Waals surface area contributed by atoms with E-state index in [-0.39, 0.29) is 28.3 Å². The first-order valence-corrected chi connectivity index (χ1v) is 9.05. The summed E-state index contributed by atoms with van der Waals surface area (Å²) in [4.78, 5) is 36.7. The SMILES string of the molecule is COc1ccc(Oc2ccc(C(F)(F)F)cc2-n2c(N)c3c(cc2=O)C(=O)NC3=O)cc1. The van der Waals surface area contributed by atoms with Crippen LogP contribution >= 0.6 is 0 Å². The number of halogens is 3. The number of fused-ring (bicyclic) bond motifs is 1. The van der Waals surface area contributed by atoms with Crippen LogP contribution in [0.1, 0.15) is 26.3 Å². The summed E-state index contributed by atoms with van der Waals surface area (Å²) in [6.07, 6.45) is -4.73. The molecule has 0 radical (unpaired) electrons. The maximum Gasteiger partial charge on any atom is 0.416 e. The van der Waals surface area contributed by atoms with E-state index in [1.165, 1.54) is 19.2 Å². The van der Waals surface area contributed by atoms with Crippen molar-refractivity contribution in [3.8, 4) is 22.9 Å². The second kappa shape index (κ2) is 7.45. The Bertz CT molecular complexity index is 1310. The monoisotopic (exact) mass is 445 g/mol. The zero-order valence-electron chi connectivity index (χ0n) is 16.3. The number of amides is 2. The van der Waals surface area contributed by atoms with E-state index in [9.17, 15) is 27.6 Å². The molecule has 0 unspecified atom stereocenters. The highest BCUT2D eigenvalue weighted by Gasteiger charge is 2.34. The van der Waals surface area contributed by atoms with Crippen LogP contribution in [0.4, 0.5) is 19.0 Å². The van der Waals surface area contributed by atoms with Crippen LogP contribution in [0.25, 0.3) is 5.69 Å². The Kier molecular flexibility index (Phi) is 4.88. The standard InChI is InChI=1S/C21H14F3N3O5/c1-31-11-3-5-12(6-4-11)32-15-7-2-10(21(22,23)24)8-14(15)27-16(28)9-13-17(18(27)25)20(30)26-19(13)29/h2-9H,25H2,1H3,(H,26,29,30). The second-order valence-corrected chi connectivity index (χ2v) is 6.73. The van der Waals surface area contributed by atoms with E-state index in [0.717, 1.165) is 18.2 Å². The van der Waals surface area contributed by atoms with E-state index >= 15 is 0 Å². The van der Waals surface area contributed by atoms with Crippen molar-refractivity contribution in [1.82, 2.24) is 9.88 Å². The van der Waals surface area contributed by atoms with Crippen LogP contribution in [-0.2, 0) is 6.18 Å². The Morgan fingerprint density at radius 2 is 1.59 bits per heavy atom. The molecule has 2 aromatic carbocycles. The maximum absolute atomic E-state index is 13.4. The third-order valence-electron chi connectivity index (χ3n) is 4.77. The van der Waals surface area contributed by atoms with E-state index in [1.54, 1.807) is 12.1 Å². The number of nitrogens with two attached hydrogens (primary N) is 1. The molecule has 1 aliphatic rings. The molecule has 32 heavy (non-hydrogen) atoms. The van der Waals surface area contributed by atoms with Crippen molar-refractivity contribution in [2.24, 2.45) is 0 Å². The number of carbonyl (C=O) groups excluding carboxylic acids is 2. The summed E-state index contributed by atoms with van der Waals surface area (Å²) in [6.45, 7) is 0. The van der Waals surface area contributed by atoms with Crippen molar-refractivity contribution in [2.45, 2.75) is 6.18 Å². The Labute approximate surface area is 178 Å². The molecule has 0 fully saturated rings. The van der Waals surface area contributed by atoms with Crippen molar-refractivity contribution < 1.29 is 32.2 Å². The highest BCUT2D eigenvalue weighted by molar-refractivity contribution is 6.23. The number of nitrogens with one attached hydrogen (secondary N) is 1. The van der Waals surface area contributed by atoms with Crippen LogP contribution in [0.2, 0.25) is 0 Å². The van der Waals surface area contributed by atoms with E-state index in [0.29, 0.717) is 16.4 Å². The smallest absolute Gasteiger partial charge is 0.416 e. The molecule has 0 spiro atoms. The number of hydrogen-bond acceptors (Lipinski definition) is 6. The van der Waals surface area contributed by atoms with Gasteiger partial charge in [0.25, 0.3) is 17.4 Å². The van der Waals surface area contributed by atoms with Crippen LogP contribution in [0, 0.1) is 0 Å². The van der Waals surface area contributed by atoms with Crippen LogP contribution in [0.15, 0.2) is 53.3 Å². The topological polar surface area (TPSA) is 113 Å². The van der Waals surface area contributed by atoms with Gasteiger partial charge in [0.2, 0.25) is 0 Å². The Hall–Kier alpha value is -4.28. The highest BCUT2D eigenvalue weighted by atomic mass is 19.4. The number of hydrogen-bond donors (Lipinski definition) is 2. The van der Waals surface area contributed by atoms with Crippen LogP contribution in [0.5, 0.6) is 17.2 Å². The van der Waals surface area contributed by atoms with Gasteiger partial charge in [-0.25, -0.2) is 0 Å². The molecule has 1 aliphatic heterocycles. The first-order chi connectivity index (χ1) is 15.1. The van der Waals surface area contributed by atoms with Gasteiger partial charge in [-0.05, 0) is 42.5 Å². The summed E-state index contributed by atoms with van der Waals surface area (Å²) >= 11 is 0. The van der Waals surface area contributed by atoms with Gasteiger partial charge in [-0.3, -0.25) is 24.3 Å². The average molecular weight is 445 g/mol. The summed E-state index contributed by atoms with van der Waals surface area (Å²) in [5.41, 5.74) is 3.09. The van der Waals surface area contributed by atoms with Crippen molar-refractivity contribution >= 4 is 17.6 Å². The van der Waals surface area contributed by atoms with Gasteiger partial charge < -0.3 is 15.2 Å². The molecule has 0 atom stereocenters. The number of rotatable bonds is 4. The molecule has 0 saturated heterocycles. The molecule has 3 aromatic rings. The number of pyridine rings is 1. The van der Waals surface area contributed by atoms with Gasteiger partial charge in [-0.1, -0.05) is 0 Å². The first-order valence-electron chi connectivity index (χ1n) is 9.05. The summed E-state index contributed by atoms with van der Waals surface area (Å²) in [5, 5.41) is 2.00. The number of aromatic nitrogens is 1. The lowest BCUT2D eigenvalue weighted by Gasteiger charge is -2.18. The minimum absolute atomic E-state index is 0.137. The fraction of sp³-hybridized carbons (Fsp3) is 0.0952. The molecule has 8 nitrogen and oxygen atoms in total. The van der Waals surface area contributed by atoms with Crippen molar-refractivity contribution in [2.75, 3.05) is 12.8 Å². The number of methoxy groups -OCH3 is 1. The lowest BCUT2D eigenvalue weighted by Crippen LogP contribution is -2.25.